The summed E-state index contributed by atoms with van der Waals surface area (Å²) < 4.78 is 0. The fourth-order valence-electron chi connectivity index (χ4n) is 3.49. The summed E-state index contributed by atoms with van der Waals surface area (Å²) in [5.74, 6) is -0.381. The summed E-state index contributed by atoms with van der Waals surface area (Å²) in [6.07, 6.45) is 1.04. The van der Waals surface area contributed by atoms with E-state index in [4.69, 9.17) is 5.73 Å². The normalized spacial score (nSPS) is 15.0. The minimum atomic E-state index is -0.381. The summed E-state index contributed by atoms with van der Waals surface area (Å²) in [6, 6.07) is 16.3. The van der Waals surface area contributed by atoms with Gasteiger partial charge in [-0.1, -0.05) is 30.3 Å². The smallest absolute Gasteiger partial charge is 0.250 e. The molecule has 3 rings (SSSR count). The molecule has 0 aliphatic carbocycles. The Morgan fingerprint density at radius 2 is 1.77 bits per heavy atom. The van der Waals surface area contributed by atoms with Crippen LogP contribution in [0.3, 0.4) is 0 Å². The highest BCUT2D eigenvalue weighted by Crippen LogP contribution is 2.20. The largest absolute Gasteiger partial charge is 0.384 e. The molecule has 0 radical (unpaired) electrons. The lowest BCUT2D eigenvalue weighted by Crippen LogP contribution is -2.46. The maximum Gasteiger partial charge on any atom is 0.250 e. The highest BCUT2D eigenvalue weighted by Gasteiger charge is 2.16. The highest BCUT2D eigenvalue weighted by molar-refractivity contribution is 5.99. The van der Waals surface area contributed by atoms with Gasteiger partial charge in [0.05, 0.1) is 5.56 Å². The number of anilines is 2. The average molecular weight is 352 g/mol. The van der Waals surface area contributed by atoms with Gasteiger partial charge < -0.3 is 16.0 Å². The summed E-state index contributed by atoms with van der Waals surface area (Å²) in [6.45, 7) is 8.22. The second kappa shape index (κ2) is 8.72. The van der Waals surface area contributed by atoms with Crippen molar-refractivity contribution in [3.63, 3.8) is 0 Å². The Labute approximate surface area is 155 Å². The third-order valence-corrected chi connectivity index (χ3v) is 4.98. The molecule has 0 atom stereocenters. The highest BCUT2D eigenvalue weighted by atomic mass is 16.1. The van der Waals surface area contributed by atoms with E-state index in [1.807, 2.05) is 19.1 Å². The molecule has 1 fully saturated rings. The minimum absolute atomic E-state index is 0.381. The van der Waals surface area contributed by atoms with Gasteiger partial charge in [0.15, 0.2) is 0 Å². The molecule has 0 spiro atoms. The Hall–Kier alpha value is -2.53. The molecule has 1 amide bonds. The Balaban J connectivity index is 1.42. The third-order valence-electron chi connectivity index (χ3n) is 4.98. The standard InChI is InChI=1S/C21H28N4O/c1-17-7-5-10-19(21(22)26)20(17)23-11-6-12-24-13-15-25(16-14-24)18-8-3-2-4-9-18/h2-5,7-10,23H,6,11-16H2,1H3,(H2,22,26). The van der Waals surface area contributed by atoms with Crippen molar-refractivity contribution in [1.82, 2.24) is 4.90 Å². The van der Waals surface area contributed by atoms with Crippen molar-refractivity contribution in [2.75, 3.05) is 49.5 Å². The first-order valence-electron chi connectivity index (χ1n) is 9.31. The van der Waals surface area contributed by atoms with Gasteiger partial charge in [0, 0.05) is 44.1 Å². The number of nitrogens with zero attached hydrogens (tertiary/aromatic N) is 2. The number of carbonyl (C=O) groups excluding carboxylic acids is 1. The first-order valence-corrected chi connectivity index (χ1v) is 9.31. The van der Waals surface area contributed by atoms with Crippen molar-refractivity contribution in [3.8, 4) is 0 Å². The zero-order valence-electron chi connectivity index (χ0n) is 15.4. The lowest BCUT2D eigenvalue weighted by Gasteiger charge is -2.36. The van der Waals surface area contributed by atoms with Crippen LogP contribution >= 0.6 is 0 Å². The van der Waals surface area contributed by atoms with Crippen LogP contribution < -0.4 is 16.0 Å². The van der Waals surface area contributed by atoms with Crippen LogP contribution in [0.5, 0.6) is 0 Å². The van der Waals surface area contributed by atoms with Gasteiger partial charge in [-0.15, -0.1) is 0 Å². The van der Waals surface area contributed by atoms with E-state index in [2.05, 4.69) is 45.4 Å². The van der Waals surface area contributed by atoms with E-state index in [-0.39, 0.29) is 5.91 Å². The zero-order chi connectivity index (χ0) is 18.4. The lowest BCUT2D eigenvalue weighted by atomic mass is 10.1. The van der Waals surface area contributed by atoms with Crippen LogP contribution in [0.4, 0.5) is 11.4 Å². The first kappa shape index (κ1) is 18.3. The monoisotopic (exact) mass is 352 g/mol. The van der Waals surface area contributed by atoms with Gasteiger partial charge in [0.2, 0.25) is 0 Å². The average Bonchev–Trinajstić information content (AvgIpc) is 2.67. The van der Waals surface area contributed by atoms with E-state index in [0.717, 1.165) is 56.9 Å². The molecule has 1 aliphatic heterocycles. The quantitative estimate of drug-likeness (QED) is 0.752. The van der Waals surface area contributed by atoms with Crippen LogP contribution in [0.1, 0.15) is 22.3 Å². The topological polar surface area (TPSA) is 61.6 Å². The van der Waals surface area contributed by atoms with E-state index >= 15 is 0 Å². The second-order valence-corrected chi connectivity index (χ2v) is 6.81. The van der Waals surface area contributed by atoms with Crippen LogP contribution in [0.2, 0.25) is 0 Å². The number of para-hydroxylation sites is 2. The van der Waals surface area contributed by atoms with Gasteiger partial charge in [-0.05, 0) is 43.7 Å². The molecular formula is C21H28N4O. The van der Waals surface area contributed by atoms with Gasteiger partial charge in [-0.3, -0.25) is 9.69 Å². The number of aryl methyl sites for hydroxylation is 1. The number of primary amides is 1. The maximum absolute atomic E-state index is 11.6. The Bertz CT molecular complexity index is 724. The van der Waals surface area contributed by atoms with Gasteiger partial charge in [-0.2, -0.15) is 0 Å². The number of nitrogens with two attached hydrogens (primary N) is 1. The number of nitrogens with one attached hydrogen (secondary N) is 1. The van der Waals surface area contributed by atoms with Crippen molar-refractivity contribution >= 4 is 17.3 Å². The molecule has 138 valence electrons. The molecule has 0 unspecified atom stereocenters. The van der Waals surface area contributed by atoms with E-state index in [0.29, 0.717) is 5.56 Å². The molecule has 1 saturated heterocycles. The number of amides is 1. The SMILES string of the molecule is Cc1cccc(C(N)=O)c1NCCCN1CCN(c2ccccc2)CC1. The van der Waals surface area contributed by atoms with E-state index in [9.17, 15) is 4.79 Å². The molecule has 26 heavy (non-hydrogen) atoms. The van der Waals surface area contributed by atoms with E-state index in [1.54, 1.807) is 6.07 Å². The van der Waals surface area contributed by atoms with Crippen molar-refractivity contribution in [3.05, 3.63) is 59.7 Å². The molecule has 3 N–H and O–H groups in total. The zero-order valence-corrected chi connectivity index (χ0v) is 15.4. The summed E-state index contributed by atoms with van der Waals surface area (Å²) in [5.41, 5.74) is 9.28. The van der Waals surface area contributed by atoms with Crippen LogP contribution in [0, 0.1) is 6.92 Å². The number of benzene rings is 2. The van der Waals surface area contributed by atoms with Crippen molar-refractivity contribution in [2.45, 2.75) is 13.3 Å². The predicted octanol–water partition coefficient (Wildman–Crippen LogP) is 2.72. The first-order chi connectivity index (χ1) is 12.6. The molecule has 1 aliphatic rings. The molecule has 2 aromatic carbocycles. The molecule has 0 saturated carbocycles. The third kappa shape index (κ3) is 4.55. The number of carbonyl (C=O) groups is 1. The Morgan fingerprint density at radius 1 is 1.04 bits per heavy atom. The number of rotatable bonds is 7. The molecule has 0 aromatic heterocycles. The minimum Gasteiger partial charge on any atom is -0.384 e. The Morgan fingerprint density at radius 3 is 2.46 bits per heavy atom. The Kier molecular flexibility index (Phi) is 6.12. The number of hydrogen-bond acceptors (Lipinski definition) is 4. The van der Waals surface area contributed by atoms with E-state index in [1.165, 1.54) is 5.69 Å². The molecule has 1 heterocycles. The van der Waals surface area contributed by atoms with Gasteiger partial charge in [0.25, 0.3) is 5.91 Å². The van der Waals surface area contributed by atoms with E-state index < -0.39 is 0 Å². The van der Waals surface area contributed by atoms with Gasteiger partial charge >= 0.3 is 0 Å². The summed E-state index contributed by atoms with van der Waals surface area (Å²) >= 11 is 0. The molecule has 5 heteroatoms. The second-order valence-electron chi connectivity index (χ2n) is 6.81. The fourth-order valence-corrected chi connectivity index (χ4v) is 3.49. The number of hydrogen-bond donors (Lipinski definition) is 2. The van der Waals surface area contributed by atoms with Gasteiger partial charge in [0.1, 0.15) is 0 Å². The molecular weight excluding hydrogens is 324 g/mol. The number of piperazine rings is 1. The predicted molar refractivity (Wildman–Crippen MR) is 108 cm³/mol. The molecule has 5 nitrogen and oxygen atoms in total. The van der Waals surface area contributed by atoms with Gasteiger partial charge in [-0.25, -0.2) is 0 Å². The van der Waals surface area contributed by atoms with Crippen LogP contribution in [-0.4, -0.2) is 50.1 Å². The summed E-state index contributed by atoms with van der Waals surface area (Å²) in [7, 11) is 0. The maximum atomic E-state index is 11.6. The fraction of sp³-hybridized carbons (Fsp3) is 0.381. The van der Waals surface area contributed by atoms with Crippen LogP contribution in [0.25, 0.3) is 0 Å². The lowest BCUT2D eigenvalue weighted by molar-refractivity contribution is 0.100. The molecule has 0 bridgehead atoms. The molecule has 2 aromatic rings. The van der Waals surface area contributed by atoms with Crippen molar-refractivity contribution < 1.29 is 4.79 Å². The summed E-state index contributed by atoms with van der Waals surface area (Å²) in [5, 5.41) is 3.40. The van der Waals surface area contributed by atoms with Crippen LogP contribution in [-0.2, 0) is 0 Å². The summed E-state index contributed by atoms with van der Waals surface area (Å²) in [4.78, 5) is 16.5. The van der Waals surface area contributed by atoms with Crippen molar-refractivity contribution in [2.24, 2.45) is 5.73 Å². The van der Waals surface area contributed by atoms with Crippen LogP contribution in [0.15, 0.2) is 48.5 Å². The van der Waals surface area contributed by atoms with Crippen molar-refractivity contribution in [1.29, 1.82) is 0 Å².